The predicted molar refractivity (Wildman–Crippen MR) is 108 cm³/mol. The highest BCUT2D eigenvalue weighted by atomic mass is 32.1. The zero-order valence-corrected chi connectivity index (χ0v) is 15.8. The summed E-state index contributed by atoms with van der Waals surface area (Å²) in [7, 11) is 0. The number of aromatic nitrogens is 1. The number of aryl methyl sites for hydroxylation is 2. The zero-order valence-electron chi connectivity index (χ0n) is 15.0. The fourth-order valence-corrected chi connectivity index (χ4v) is 4.47. The van der Waals surface area contributed by atoms with Crippen molar-refractivity contribution in [3.63, 3.8) is 0 Å². The highest BCUT2D eigenvalue weighted by Gasteiger charge is 2.19. The van der Waals surface area contributed by atoms with Gasteiger partial charge in [0.25, 0.3) is 0 Å². The normalized spacial score (nSPS) is 14.4. The number of amides is 1. The van der Waals surface area contributed by atoms with E-state index < -0.39 is 0 Å². The van der Waals surface area contributed by atoms with E-state index in [1.54, 1.807) is 11.3 Å². The standard InChI is InChI=1S/C21H23N3OS/c1-15(20-11-6-14-26-20)22-23-21(25)12-13-24-18-9-4-2-7-16(18)17-8-3-5-10-19(17)24/h2,4,6-7,9,11,14H,3,5,8,10,12-13H2,1H3,(H,23,25). The van der Waals surface area contributed by atoms with E-state index in [0.717, 1.165) is 23.4 Å². The Hall–Kier alpha value is -2.40. The van der Waals surface area contributed by atoms with Gasteiger partial charge in [0.2, 0.25) is 5.91 Å². The number of carbonyl (C=O) groups excluding carboxylic acids is 1. The lowest BCUT2D eigenvalue weighted by atomic mass is 9.95. The van der Waals surface area contributed by atoms with Crippen molar-refractivity contribution in [1.82, 2.24) is 9.99 Å². The van der Waals surface area contributed by atoms with E-state index in [9.17, 15) is 4.79 Å². The first-order valence-electron chi connectivity index (χ1n) is 9.20. The molecule has 0 saturated carbocycles. The lowest BCUT2D eigenvalue weighted by Crippen LogP contribution is -2.21. The summed E-state index contributed by atoms with van der Waals surface area (Å²) in [4.78, 5) is 13.4. The zero-order chi connectivity index (χ0) is 17.9. The Morgan fingerprint density at radius 2 is 2.04 bits per heavy atom. The maximum Gasteiger partial charge on any atom is 0.241 e. The number of para-hydroxylation sites is 1. The van der Waals surface area contributed by atoms with Gasteiger partial charge in [-0.3, -0.25) is 4.79 Å². The molecule has 1 aliphatic carbocycles. The van der Waals surface area contributed by atoms with E-state index in [-0.39, 0.29) is 5.91 Å². The van der Waals surface area contributed by atoms with Crippen LogP contribution in [0.3, 0.4) is 0 Å². The smallest absolute Gasteiger partial charge is 0.241 e. The van der Waals surface area contributed by atoms with Crippen molar-refractivity contribution in [2.75, 3.05) is 0 Å². The molecule has 0 bridgehead atoms. The highest BCUT2D eigenvalue weighted by Crippen LogP contribution is 2.32. The van der Waals surface area contributed by atoms with Crippen LogP contribution in [-0.2, 0) is 24.2 Å². The van der Waals surface area contributed by atoms with Gasteiger partial charge in [-0.25, -0.2) is 5.43 Å². The average Bonchev–Trinajstić information content (AvgIpc) is 3.31. The second-order valence-electron chi connectivity index (χ2n) is 6.76. The summed E-state index contributed by atoms with van der Waals surface area (Å²) in [5, 5.41) is 7.60. The summed E-state index contributed by atoms with van der Waals surface area (Å²) in [6, 6.07) is 12.6. The van der Waals surface area contributed by atoms with E-state index in [1.807, 2.05) is 24.4 Å². The van der Waals surface area contributed by atoms with Crippen LogP contribution in [0.2, 0.25) is 0 Å². The van der Waals surface area contributed by atoms with E-state index in [4.69, 9.17) is 0 Å². The third-order valence-corrected chi connectivity index (χ3v) is 6.05. The number of rotatable bonds is 5. The highest BCUT2D eigenvalue weighted by molar-refractivity contribution is 7.12. The van der Waals surface area contributed by atoms with Crippen LogP contribution in [0.5, 0.6) is 0 Å². The van der Waals surface area contributed by atoms with Gasteiger partial charge >= 0.3 is 0 Å². The molecule has 0 aliphatic heterocycles. The van der Waals surface area contributed by atoms with Crippen LogP contribution < -0.4 is 5.43 Å². The Balaban J connectivity index is 1.48. The van der Waals surface area contributed by atoms with Crippen LogP contribution in [0.4, 0.5) is 0 Å². The molecule has 5 heteroatoms. The molecule has 1 aliphatic rings. The molecule has 0 unspecified atom stereocenters. The van der Waals surface area contributed by atoms with Crippen LogP contribution in [-0.4, -0.2) is 16.2 Å². The molecule has 0 spiro atoms. The molecule has 0 fully saturated rings. The third-order valence-electron chi connectivity index (χ3n) is 5.07. The fraction of sp³-hybridized carbons (Fsp3) is 0.333. The molecule has 0 radical (unpaired) electrons. The molecule has 3 aromatic rings. The second-order valence-corrected chi connectivity index (χ2v) is 7.71. The minimum Gasteiger partial charge on any atom is -0.344 e. The van der Waals surface area contributed by atoms with E-state index in [0.29, 0.717) is 13.0 Å². The number of carbonyl (C=O) groups is 1. The van der Waals surface area contributed by atoms with Crippen molar-refractivity contribution < 1.29 is 4.79 Å². The van der Waals surface area contributed by atoms with Gasteiger partial charge in [0.15, 0.2) is 0 Å². The maximum atomic E-state index is 12.3. The van der Waals surface area contributed by atoms with Crippen molar-refractivity contribution in [1.29, 1.82) is 0 Å². The van der Waals surface area contributed by atoms with Crippen LogP contribution in [0, 0.1) is 0 Å². The molecule has 26 heavy (non-hydrogen) atoms. The van der Waals surface area contributed by atoms with Crippen molar-refractivity contribution in [2.24, 2.45) is 5.10 Å². The molecule has 2 aromatic heterocycles. The Morgan fingerprint density at radius 3 is 2.88 bits per heavy atom. The largest absolute Gasteiger partial charge is 0.344 e. The fourth-order valence-electron chi connectivity index (χ4n) is 3.80. The number of fused-ring (bicyclic) bond motifs is 3. The average molecular weight is 366 g/mol. The summed E-state index contributed by atoms with van der Waals surface area (Å²) >= 11 is 1.62. The quantitative estimate of drug-likeness (QED) is 0.525. The first kappa shape index (κ1) is 17.0. The number of benzene rings is 1. The Kier molecular flexibility index (Phi) is 4.89. The van der Waals surface area contributed by atoms with Crippen molar-refractivity contribution in [3.8, 4) is 0 Å². The lowest BCUT2D eigenvalue weighted by molar-refractivity contribution is -0.121. The topological polar surface area (TPSA) is 46.4 Å². The molecular formula is C21H23N3OS. The van der Waals surface area contributed by atoms with Gasteiger partial charge in [-0.1, -0.05) is 24.3 Å². The molecule has 134 valence electrons. The summed E-state index contributed by atoms with van der Waals surface area (Å²) in [5.74, 6) is -0.0387. The molecule has 1 aromatic carbocycles. The Labute approximate surface area is 157 Å². The van der Waals surface area contributed by atoms with Gasteiger partial charge in [0.05, 0.1) is 5.71 Å². The molecule has 0 atom stereocenters. The molecule has 0 saturated heterocycles. The third kappa shape index (κ3) is 3.31. The van der Waals surface area contributed by atoms with Gasteiger partial charge in [0.1, 0.15) is 0 Å². The van der Waals surface area contributed by atoms with Gasteiger partial charge in [-0.15, -0.1) is 11.3 Å². The molecule has 1 amide bonds. The predicted octanol–water partition coefficient (Wildman–Crippen LogP) is 4.51. The molecule has 2 heterocycles. The first-order chi connectivity index (χ1) is 12.7. The summed E-state index contributed by atoms with van der Waals surface area (Å²) in [5.41, 5.74) is 7.71. The number of thiophene rings is 1. The number of nitrogens with zero attached hydrogens (tertiary/aromatic N) is 2. The Bertz CT molecular complexity index is 953. The van der Waals surface area contributed by atoms with Crippen LogP contribution in [0.1, 0.15) is 42.3 Å². The monoisotopic (exact) mass is 365 g/mol. The van der Waals surface area contributed by atoms with Gasteiger partial charge in [0, 0.05) is 34.4 Å². The minimum atomic E-state index is -0.0387. The number of hydrogen-bond acceptors (Lipinski definition) is 3. The maximum absolute atomic E-state index is 12.3. The van der Waals surface area contributed by atoms with Gasteiger partial charge in [-0.2, -0.15) is 5.10 Å². The van der Waals surface area contributed by atoms with E-state index in [1.165, 1.54) is 35.0 Å². The first-order valence-corrected chi connectivity index (χ1v) is 10.1. The van der Waals surface area contributed by atoms with Crippen LogP contribution >= 0.6 is 11.3 Å². The molecular weight excluding hydrogens is 342 g/mol. The van der Waals surface area contributed by atoms with Gasteiger partial charge in [-0.05, 0) is 55.7 Å². The number of nitrogens with one attached hydrogen (secondary N) is 1. The van der Waals surface area contributed by atoms with E-state index >= 15 is 0 Å². The summed E-state index contributed by atoms with van der Waals surface area (Å²) in [6.45, 7) is 2.62. The van der Waals surface area contributed by atoms with Crippen molar-refractivity contribution in [3.05, 3.63) is 57.9 Å². The minimum absolute atomic E-state index is 0.0387. The van der Waals surface area contributed by atoms with Crippen LogP contribution in [0.15, 0.2) is 46.9 Å². The summed E-state index contributed by atoms with van der Waals surface area (Å²) in [6.07, 6.45) is 5.20. The van der Waals surface area contributed by atoms with Crippen molar-refractivity contribution >= 4 is 33.9 Å². The van der Waals surface area contributed by atoms with Crippen LogP contribution in [0.25, 0.3) is 10.9 Å². The van der Waals surface area contributed by atoms with Crippen molar-refractivity contribution in [2.45, 2.75) is 45.6 Å². The second kappa shape index (κ2) is 7.46. The lowest BCUT2D eigenvalue weighted by Gasteiger charge is -2.15. The number of hydrogen-bond donors (Lipinski definition) is 1. The molecule has 1 N–H and O–H groups in total. The molecule has 4 nitrogen and oxygen atoms in total. The van der Waals surface area contributed by atoms with Gasteiger partial charge < -0.3 is 4.57 Å². The Morgan fingerprint density at radius 1 is 1.19 bits per heavy atom. The number of hydrazone groups is 1. The SMILES string of the molecule is CC(=NNC(=O)CCn1c2c(c3ccccc31)CCCC2)c1cccs1. The molecule has 4 rings (SSSR count). The summed E-state index contributed by atoms with van der Waals surface area (Å²) < 4.78 is 2.35. The van der Waals surface area contributed by atoms with E-state index in [2.05, 4.69) is 39.4 Å².